The third-order valence-corrected chi connectivity index (χ3v) is 4.04. The summed E-state index contributed by atoms with van der Waals surface area (Å²) in [5, 5.41) is 2.73. The molecule has 0 aliphatic carbocycles. The van der Waals surface area contributed by atoms with E-state index in [2.05, 4.69) is 39.9 Å². The molecule has 5 heteroatoms. The molecule has 1 N–H and O–H groups in total. The average molecular weight is 383 g/mol. The number of carbonyl (C=O) groups is 2. The van der Waals surface area contributed by atoms with Crippen LogP contribution in [0.1, 0.15) is 50.5 Å². The van der Waals surface area contributed by atoms with Crippen LogP contribution in [0.25, 0.3) is 0 Å². The van der Waals surface area contributed by atoms with E-state index in [0.29, 0.717) is 29.5 Å². The molecular weight excluding hydrogens is 354 g/mol. The Balaban J connectivity index is 1.82. The molecule has 5 nitrogen and oxygen atoms in total. The lowest BCUT2D eigenvalue weighted by molar-refractivity contribution is -0.119. The molecule has 2 aromatic carbocycles. The van der Waals surface area contributed by atoms with E-state index in [9.17, 15) is 9.59 Å². The lowest BCUT2D eigenvalue weighted by atomic mass is 9.87. The highest BCUT2D eigenvalue weighted by atomic mass is 16.5. The highest BCUT2D eigenvalue weighted by molar-refractivity contribution is 5.95. The molecule has 0 aliphatic heterocycles. The van der Waals surface area contributed by atoms with Crippen LogP contribution >= 0.6 is 0 Å². The van der Waals surface area contributed by atoms with E-state index in [1.165, 1.54) is 5.56 Å². The van der Waals surface area contributed by atoms with Crippen LogP contribution in [0.3, 0.4) is 0 Å². The number of hydrogen-bond donors (Lipinski definition) is 1. The van der Waals surface area contributed by atoms with Gasteiger partial charge in [-0.3, -0.25) is 4.79 Å². The highest BCUT2D eigenvalue weighted by Gasteiger charge is 2.14. The van der Waals surface area contributed by atoms with Crippen molar-refractivity contribution in [3.05, 3.63) is 59.7 Å². The van der Waals surface area contributed by atoms with Crippen molar-refractivity contribution in [1.82, 2.24) is 0 Å². The van der Waals surface area contributed by atoms with E-state index in [-0.39, 0.29) is 17.9 Å². The molecule has 0 heterocycles. The molecule has 0 saturated heterocycles. The second-order valence-corrected chi connectivity index (χ2v) is 8.18. The van der Waals surface area contributed by atoms with Crippen LogP contribution in [0.4, 0.5) is 5.69 Å². The van der Waals surface area contributed by atoms with Crippen molar-refractivity contribution in [2.24, 2.45) is 5.92 Å². The van der Waals surface area contributed by atoms with Crippen molar-refractivity contribution in [1.29, 1.82) is 0 Å². The first-order valence-corrected chi connectivity index (χ1v) is 9.45. The Hall–Kier alpha value is -2.82. The summed E-state index contributed by atoms with van der Waals surface area (Å²) in [5.74, 6) is 0.192. The number of ether oxygens (including phenoxy) is 2. The van der Waals surface area contributed by atoms with Crippen LogP contribution in [0.15, 0.2) is 48.5 Å². The van der Waals surface area contributed by atoms with Crippen LogP contribution in [0.2, 0.25) is 0 Å². The predicted molar refractivity (Wildman–Crippen MR) is 111 cm³/mol. The first-order valence-electron chi connectivity index (χ1n) is 9.45. The number of nitrogens with one attached hydrogen (secondary N) is 1. The average Bonchev–Trinajstić information content (AvgIpc) is 2.64. The summed E-state index contributed by atoms with van der Waals surface area (Å²) in [6.07, 6.45) is 0. The molecule has 0 aliphatic rings. The SMILES string of the molecule is CC(C)COc1ccc(C(=O)OCC(=O)Nc2ccc(C(C)(C)C)cc2)cc1. The van der Waals surface area contributed by atoms with Gasteiger partial charge in [0.15, 0.2) is 6.61 Å². The Bertz CT molecular complexity index is 787. The van der Waals surface area contributed by atoms with Gasteiger partial charge in [-0.1, -0.05) is 46.8 Å². The van der Waals surface area contributed by atoms with Crippen LogP contribution in [-0.2, 0) is 14.9 Å². The van der Waals surface area contributed by atoms with Gasteiger partial charge in [-0.25, -0.2) is 4.79 Å². The summed E-state index contributed by atoms with van der Waals surface area (Å²) < 4.78 is 10.7. The van der Waals surface area contributed by atoms with Gasteiger partial charge in [0.1, 0.15) is 5.75 Å². The second kappa shape index (κ2) is 9.40. The summed E-state index contributed by atoms with van der Waals surface area (Å²) in [5.41, 5.74) is 2.27. The van der Waals surface area contributed by atoms with Gasteiger partial charge in [0, 0.05) is 5.69 Å². The molecule has 0 aromatic heterocycles. The summed E-state index contributed by atoms with van der Waals surface area (Å²) in [4.78, 5) is 24.1. The maximum atomic E-state index is 12.1. The number of hydrogen-bond acceptors (Lipinski definition) is 4. The topological polar surface area (TPSA) is 64.6 Å². The molecule has 0 atom stereocenters. The molecule has 1 amide bonds. The Kier molecular flexibility index (Phi) is 7.21. The lowest BCUT2D eigenvalue weighted by Crippen LogP contribution is -2.21. The molecular formula is C23H29NO4. The first-order chi connectivity index (χ1) is 13.1. The minimum absolute atomic E-state index is 0.0491. The number of carbonyl (C=O) groups excluding carboxylic acids is 2. The van der Waals surface area contributed by atoms with Crippen molar-refractivity contribution in [3.63, 3.8) is 0 Å². The summed E-state index contributed by atoms with van der Waals surface area (Å²) >= 11 is 0. The third kappa shape index (κ3) is 6.72. The number of rotatable bonds is 7. The van der Waals surface area contributed by atoms with Gasteiger partial charge in [0.05, 0.1) is 12.2 Å². The van der Waals surface area contributed by atoms with Crippen molar-refractivity contribution in [2.75, 3.05) is 18.5 Å². The number of amides is 1. The molecule has 0 unspecified atom stereocenters. The number of anilines is 1. The summed E-state index contributed by atoms with van der Waals surface area (Å²) in [6, 6.07) is 14.3. The molecule has 0 spiro atoms. The standard InChI is InChI=1S/C23H29NO4/c1-16(2)14-27-20-12-6-17(7-13-20)22(26)28-15-21(25)24-19-10-8-18(9-11-19)23(3,4)5/h6-13,16H,14-15H2,1-5H3,(H,24,25). The fourth-order valence-corrected chi connectivity index (χ4v) is 2.42. The summed E-state index contributed by atoms with van der Waals surface area (Å²) in [6.45, 7) is 10.8. The van der Waals surface area contributed by atoms with E-state index in [0.717, 1.165) is 0 Å². The van der Waals surface area contributed by atoms with Crippen LogP contribution < -0.4 is 10.1 Å². The van der Waals surface area contributed by atoms with E-state index < -0.39 is 5.97 Å². The molecule has 0 fully saturated rings. The maximum Gasteiger partial charge on any atom is 0.338 e. The fraction of sp³-hybridized carbons (Fsp3) is 0.391. The Labute approximate surface area is 167 Å². The van der Waals surface area contributed by atoms with Gasteiger partial charge in [-0.2, -0.15) is 0 Å². The van der Waals surface area contributed by atoms with E-state index in [4.69, 9.17) is 9.47 Å². The van der Waals surface area contributed by atoms with Crippen molar-refractivity contribution in [2.45, 2.75) is 40.0 Å². The predicted octanol–water partition coefficient (Wildman–Crippen LogP) is 4.81. The third-order valence-electron chi connectivity index (χ3n) is 4.04. The Morgan fingerprint density at radius 3 is 2.11 bits per heavy atom. The number of esters is 1. The van der Waals surface area contributed by atoms with Crippen LogP contribution in [0, 0.1) is 5.92 Å². The maximum absolute atomic E-state index is 12.1. The molecule has 28 heavy (non-hydrogen) atoms. The van der Waals surface area contributed by atoms with Gasteiger partial charge in [-0.15, -0.1) is 0 Å². The van der Waals surface area contributed by atoms with Crippen LogP contribution in [-0.4, -0.2) is 25.1 Å². The van der Waals surface area contributed by atoms with Gasteiger partial charge >= 0.3 is 5.97 Å². The smallest absolute Gasteiger partial charge is 0.338 e. The Morgan fingerprint density at radius 2 is 1.57 bits per heavy atom. The molecule has 2 rings (SSSR count). The zero-order valence-corrected chi connectivity index (χ0v) is 17.2. The van der Waals surface area contributed by atoms with Crippen molar-refractivity contribution < 1.29 is 19.1 Å². The first kappa shape index (κ1) is 21.5. The molecule has 0 radical (unpaired) electrons. The highest BCUT2D eigenvalue weighted by Crippen LogP contribution is 2.23. The monoisotopic (exact) mass is 383 g/mol. The van der Waals surface area contributed by atoms with Crippen molar-refractivity contribution in [3.8, 4) is 5.75 Å². The molecule has 0 saturated carbocycles. The molecule has 2 aromatic rings. The minimum Gasteiger partial charge on any atom is -0.493 e. The second-order valence-electron chi connectivity index (χ2n) is 8.18. The Morgan fingerprint density at radius 1 is 0.964 bits per heavy atom. The normalized spacial score (nSPS) is 11.2. The van der Waals surface area contributed by atoms with E-state index in [1.54, 1.807) is 24.3 Å². The summed E-state index contributed by atoms with van der Waals surface area (Å²) in [7, 11) is 0. The zero-order valence-electron chi connectivity index (χ0n) is 17.2. The van der Waals surface area contributed by atoms with Crippen molar-refractivity contribution >= 4 is 17.6 Å². The van der Waals surface area contributed by atoms with Gasteiger partial charge < -0.3 is 14.8 Å². The van der Waals surface area contributed by atoms with Gasteiger partial charge in [0.25, 0.3) is 5.91 Å². The van der Waals surface area contributed by atoms with E-state index >= 15 is 0 Å². The molecule has 0 bridgehead atoms. The molecule has 150 valence electrons. The quantitative estimate of drug-likeness (QED) is 0.697. The lowest BCUT2D eigenvalue weighted by Gasteiger charge is -2.19. The van der Waals surface area contributed by atoms with Gasteiger partial charge in [0.2, 0.25) is 0 Å². The van der Waals surface area contributed by atoms with Gasteiger partial charge in [-0.05, 0) is 53.3 Å². The number of benzene rings is 2. The largest absolute Gasteiger partial charge is 0.493 e. The minimum atomic E-state index is -0.548. The van der Waals surface area contributed by atoms with E-state index in [1.807, 2.05) is 24.3 Å². The zero-order chi connectivity index (χ0) is 20.7. The fourth-order valence-electron chi connectivity index (χ4n) is 2.42. The van der Waals surface area contributed by atoms with Crippen LogP contribution in [0.5, 0.6) is 5.75 Å².